The van der Waals surface area contributed by atoms with Gasteiger partial charge >= 0.3 is 11.9 Å². The van der Waals surface area contributed by atoms with Crippen LogP contribution in [0.1, 0.15) is 72.6 Å². The van der Waals surface area contributed by atoms with Crippen molar-refractivity contribution in [1.29, 1.82) is 0 Å². The van der Waals surface area contributed by atoms with Crippen molar-refractivity contribution in [2.24, 2.45) is 23.5 Å². The van der Waals surface area contributed by atoms with Gasteiger partial charge in [0.1, 0.15) is 24.2 Å². The van der Waals surface area contributed by atoms with Crippen molar-refractivity contribution in [1.82, 2.24) is 0 Å². The van der Waals surface area contributed by atoms with Crippen LogP contribution in [0.3, 0.4) is 0 Å². The van der Waals surface area contributed by atoms with Crippen LogP contribution in [0, 0.1) is 17.8 Å². The Morgan fingerprint density at radius 2 is 1.27 bits per heavy atom. The summed E-state index contributed by atoms with van der Waals surface area (Å²) >= 11 is 0. The zero-order chi connectivity index (χ0) is 50.0. The van der Waals surface area contributed by atoms with E-state index >= 15 is 4.39 Å². The van der Waals surface area contributed by atoms with Crippen molar-refractivity contribution in [3.05, 3.63) is 85.1 Å². The van der Waals surface area contributed by atoms with Gasteiger partial charge in [-0.25, -0.2) is 4.39 Å². The van der Waals surface area contributed by atoms with Crippen LogP contribution in [0.25, 0.3) is 0 Å². The minimum Gasteiger partial charge on any atom is -0.469 e. The molecule has 2 fully saturated rings. The number of nitrogens with two attached hydrogens (primary N) is 1. The SMILES string of the molecule is COC(=O)[C@H]1[C@@H]2C[C@@H](O[C@@H]3O[C@H](C)[C@@H](O)[C@H](N)[C@@H]3O)C=CC=CC=CC=CC=CC=CC=C[C@H](C)[C@@H](O)[C@@H](C)[C@H](C)OC(=O)C[C@H](O)C[C@H](O)CC[C@@H](O)[C@H](O)C[C@H](O)C[C@@](O)(O2)C([19F])[C@@H]1O. The summed E-state index contributed by atoms with van der Waals surface area (Å²) in [6.07, 6.45) is -1.06. The number of aliphatic hydroxyl groups is 10. The molecular formula is C48H74FNO17. The van der Waals surface area contributed by atoms with Crippen LogP contribution in [0.15, 0.2) is 85.1 Å². The summed E-state index contributed by atoms with van der Waals surface area (Å²) in [7, 11) is 0.999. The summed E-state index contributed by atoms with van der Waals surface area (Å²) < 4.78 is 43.9. The van der Waals surface area contributed by atoms with Gasteiger partial charge < -0.3 is 80.5 Å². The first-order chi connectivity index (χ1) is 31.6. The molecule has 0 aromatic heterocycles. The van der Waals surface area contributed by atoms with Crippen molar-refractivity contribution < 1.29 is 88.7 Å². The highest BCUT2D eigenvalue weighted by Crippen LogP contribution is 2.40. The number of halogens is 1. The van der Waals surface area contributed by atoms with E-state index in [0.29, 0.717) is 0 Å². The molecule has 0 aromatic carbocycles. The highest BCUT2D eigenvalue weighted by atomic mass is 19.1. The number of rotatable bonds is 3. The number of carbonyl (C=O) groups is 2. The Bertz CT molecular complexity index is 1720. The third kappa shape index (κ3) is 18.1. The van der Waals surface area contributed by atoms with Gasteiger partial charge in [0.2, 0.25) is 5.79 Å². The molecule has 380 valence electrons. The molecule has 12 N–H and O–H groups in total. The van der Waals surface area contributed by atoms with E-state index in [1.54, 1.807) is 86.8 Å². The molecule has 67 heavy (non-hydrogen) atoms. The highest BCUT2D eigenvalue weighted by Gasteiger charge is 2.58. The van der Waals surface area contributed by atoms with Crippen LogP contribution in [0.2, 0.25) is 0 Å². The number of alkyl halides is 1. The Labute approximate surface area is 391 Å². The summed E-state index contributed by atoms with van der Waals surface area (Å²) in [6, 6.07) is -1.18. The molecule has 0 aliphatic carbocycles. The van der Waals surface area contributed by atoms with Gasteiger partial charge in [0.05, 0.1) is 80.6 Å². The molecule has 0 spiro atoms. The second-order valence-electron chi connectivity index (χ2n) is 17.8. The smallest absolute Gasteiger partial charge is 0.314 e. The fourth-order valence-corrected chi connectivity index (χ4v) is 8.04. The standard InChI is InChI=1S/C48H74FNO17/c1-27-18-16-14-12-10-8-6-7-9-11-13-15-17-19-34(66-47-44(60)40(50)42(58)30(4)65-47)25-37-39(46(61)63-5)43(59)45(49)48(62,67-37)26-33(53)23-36(55)35(54)21-20-31(51)22-32(52)24-38(56)64-29(3)28(2)41(27)57/h6-19,27-37,39-45,47,51-55,57-60,62H,20-26,50H2,1-5H3/t27-,28-,29-,30+,31+,32+,33-,34-,35+,36+,37-,39-,40-,41+,42+,43+,44-,45?,47-,48+/m0/s1/i49+0. The van der Waals surface area contributed by atoms with Gasteiger partial charge in [-0.05, 0) is 33.1 Å². The summed E-state index contributed by atoms with van der Waals surface area (Å²) in [4.78, 5) is 25.7. The Morgan fingerprint density at radius 3 is 1.85 bits per heavy atom. The fourth-order valence-electron chi connectivity index (χ4n) is 8.04. The van der Waals surface area contributed by atoms with Gasteiger partial charge in [0, 0.05) is 31.1 Å². The number of allylic oxidation sites excluding steroid dienone is 12. The first-order valence-electron chi connectivity index (χ1n) is 22.8. The number of carbonyl (C=O) groups excluding carboxylic acids is 2. The fraction of sp³-hybridized carbons (Fsp3) is 0.667. The first kappa shape index (κ1) is 57.8. The molecule has 20 atom stereocenters. The molecule has 0 radical (unpaired) electrons. The molecule has 0 aromatic rings. The van der Waals surface area contributed by atoms with Crippen LogP contribution in [-0.2, 0) is 33.3 Å². The Morgan fingerprint density at radius 1 is 0.701 bits per heavy atom. The molecule has 18 nitrogen and oxygen atoms in total. The second-order valence-corrected chi connectivity index (χ2v) is 17.8. The van der Waals surface area contributed by atoms with Crippen molar-refractivity contribution in [2.75, 3.05) is 7.11 Å². The predicted octanol–water partition coefficient (Wildman–Crippen LogP) is 0.748. The van der Waals surface area contributed by atoms with E-state index in [1.165, 1.54) is 13.0 Å². The number of aliphatic hydroxyl groups excluding tert-OH is 9. The predicted molar refractivity (Wildman–Crippen MR) is 242 cm³/mol. The average Bonchev–Trinajstić information content (AvgIpc) is 3.27. The lowest BCUT2D eigenvalue weighted by Crippen LogP contribution is -2.64. The van der Waals surface area contributed by atoms with Crippen LogP contribution in [0.5, 0.6) is 0 Å². The van der Waals surface area contributed by atoms with Gasteiger partial charge in [-0.15, -0.1) is 0 Å². The molecule has 3 aliphatic rings. The van der Waals surface area contributed by atoms with E-state index < -0.39 is 153 Å². The molecule has 3 aliphatic heterocycles. The Hall–Kier alpha value is -3.51. The molecule has 2 saturated heterocycles. The molecule has 0 saturated carbocycles. The third-order valence-corrected chi connectivity index (χ3v) is 12.3. The number of ether oxygens (including phenoxy) is 5. The molecule has 3 rings (SSSR count). The number of hydrogen-bond donors (Lipinski definition) is 11. The maximum Gasteiger partial charge on any atom is 0.314 e. The average molecular weight is 956 g/mol. The summed E-state index contributed by atoms with van der Waals surface area (Å²) in [5.41, 5.74) is 6.02. The summed E-state index contributed by atoms with van der Waals surface area (Å²) in [6.45, 7) is 6.69. The summed E-state index contributed by atoms with van der Waals surface area (Å²) in [5, 5.41) is 108. The molecule has 3 heterocycles. The normalized spacial score (nSPS) is 42.2. The molecule has 0 amide bonds. The number of methoxy groups -OCH3 is 1. The van der Waals surface area contributed by atoms with Crippen molar-refractivity contribution >= 4 is 11.9 Å². The quantitative estimate of drug-likeness (QED) is 0.174. The van der Waals surface area contributed by atoms with E-state index in [9.17, 15) is 60.7 Å². The van der Waals surface area contributed by atoms with Crippen molar-refractivity contribution in [3.8, 4) is 0 Å². The molecular weight excluding hydrogens is 882 g/mol. The lowest BCUT2D eigenvalue weighted by molar-refractivity contribution is -0.334. The minimum absolute atomic E-state index is 0.158. The van der Waals surface area contributed by atoms with Crippen molar-refractivity contribution in [3.63, 3.8) is 0 Å². The topological polar surface area (TPSA) is 309 Å². The van der Waals surface area contributed by atoms with E-state index in [1.807, 2.05) is 13.0 Å². The zero-order valence-corrected chi connectivity index (χ0v) is 38.8. The third-order valence-electron chi connectivity index (χ3n) is 12.3. The Balaban J connectivity index is 1.91. The monoisotopic (exact) mass is 955 g/mol. The van der Waals surface area contributed by atoms with Crippen LogP contribution >= 0.6 is 0 Å². The zero-order valence-electron chi connectivity index (χ0n) is 38.8. The van der Waals surface area contributed by atoms with E-state index in [0.717, 1.165) is 7.11 Å². The van der Waals surface area contributed by atoms with Crippen LogP contribution in [-0.4, -0.2) is 174 Å². The van der Waals surface area contributed by atoms with Gasteiger partial charge in [0.25, 0.3) is 0 Å². The maximum absolute atomic E-state index is 16.0. The number of hydrogen-bond acceptors (Lipinski definition) is 18. The first-order valence-corrected chi connectivity index (χ1v) is 22.8. The van der Waals surface area contributed by atoms with E-state index in [-0.39, 0.29) is 25.2 Å². The largest absolute Gasteiger partial charge is 0.469 e. The highest BCUT2D eigenvalue weighted by molar-refractivity contribution is 5.74. The number of cyclic esters (lactones) is 1. The van der Waals surface area contributed by atoms with Gasteiger partial charge in [-0.2, -0.15) is 0 Å². The summed E-state index contributed by atoms with van der Waals surface area (Å²) in [5.74, 6) is -7.35. The van der Waals surface area contributed by atoms with E-state index in [4.69, 9.17) is 29.4 Å². The van der Waals surface area contributed by atoms with Gasteiger partial charge in [-0.3, -0.25) is 9.59 Å². The van der Waals surface area contributed by atoms with Crippen LogP contribution in [0.4, 0.5) is 4.39 Å². The van der Waals surface area contributed by atoms with Crippen molar-refractivity contribution in [2.45, 2.75) is 176 Å². The molecule has 19 heteroatoms. The number of esters is 2. The lowest BCUT2D eigenvalue weighted by atomic mass is 9.81. The van der Waals surface area contributed by atoms with E-state index in [2.05, 4.69) is 0 Å². The van der Waals surface area contributed by atoms with Crippen LogP contribution < -0.4 is 5.73 Å². The maximum atomic E-state index is 16.0. The molecule has 1 unspecified atom stereocenters. The van der Waals surface area contributed by atoms with Gasteiger partial charge in [0.15, 0.2) is 12.5 Å². The lowest BCUT2D eigenvalue weighted by Gasteiger charge is -2.47. The minimum atomic E-state index is -2.98. The van der Waals surface area contributed by atoms with Gasteiger partial charge in [-0.1, -0.05) is 98.9 Å². The number of fused-ring (bicyclic) bond motifs is 2. The Kier molecular flexibility index (Phi) is 24.4. The molecule has 2 bridgehead atoms. The second kappa shape index (κ2) is 28.2.